The zero-order chi connectivity index (χ0) is 9.83. The second-order valence-electron chi connectivity index (χ2n) is 4.65. The molecule has 0 aromatic heterocycles. The van der Waals surface area contributed by atoms with Crippen LogP contribution in [0.2, 0.25) is 18.1 Å². The number of halogens is 1. The second kappa shape index (κ2) is 4.92. The highest BCUT2D eigenvalue weighted by atomic mass is 35.5. The van der Waals surface area contributed by atoms with Crippen molar-refractivity contribution < 1.29 is 0 Å². The van der Waals surface area contributed by atoms with Crippen LogP contribution in [-0.4, -0.2) is 18.9 Å². The van der Waals surface area contributed by atoms with E-state index in [0.29, 0.717) is 5.04 Å². The van der Waals surface area contributed by atoms with Gasteiger partial charge in [-0.2, -0.15) is 11.2 Å². The van der Waals surface area contributed by atoms with Crippen LogP contribution < -0.4 is 0 Å². The minimum absolute atomic E-state index is 0.504. The Hall–Kier alpha value is 0.857. The summed E-state index contributed by atoms with van der Waals surface area (Å²) in [5, 5.41) is 0.504. The fourth-order valence-electron chi connectivity index (χ4n) is 0.598. The Morgan fingerprint density at radius 2 is 1.75 bits per heavy atom. The van der Waals surface area contributed by atoms with Gasteiger partial charge in [0.1, 0.15) is 7.22 Å². The van der Waals surface area contributed by atoms with E-state index < -0.39 is 7.22 Å². The molecule has 12 heavy (non-hydrogen) atoms. The first-order valence-electron chi connectivity index (χ1n) is 4.51. The van der Waals surface area contributed by atoms with Crippen molar-refractivity contribution >= 4 is 30.0 Å². The van der Waals surface area contributed by atoms with Gasteiger partial charge in [-0.15, -0.1) is 11.6 Å². The van der Waals surface area contributed by atoms with Crippen LogP contribution in [0.1, 0.15) is 27.2 Å². The Bertz CT molecular complexity index is 129. The Labute approximate surface area is 87.1 Å². The summed E-state index contributed by atoms with van der Waals surface area (Å²) in [6, 6.07) is 0. The smallest absolute Gasteiger partial charge is 0.116 e. The highest BCUT2D eigenvalue weighted by Gasteiger charge is 2.35. The summed E-state index contributed by atoms with van der Waals surface area (Å²) >= 11 is 7.81. The highest BCUT2D eigenvalue weighted by Crippen LogP contribution is 2.43. The average molecular weight is 225 g/mol. The molecule has 0 spiro atoms. The Kier molecular flexibility index (Phi) is 5.27. The van der Waals surface area contributed by atoms with Gasteiger partial charge in [0.25, 0.3) is 0 Å². The van der Waals surface area contributed by atoms with E-state index in [9.17, 15) is 0 Å². The Morgan fingerprint density at radius 3 is 2.08 bits per heavy atom. The molecule has 0 saturated heterocycles. The summed E-state index contributed by atoms with van der Waals surface area (Å²) in [6.45, 7) is 12.0. The largest absolute Gasteiger partial charge is 0.185 e. The van der Waals surface area contributed by atoms with Gasteiger partial charge in [0.15, 0.2) is 0 Å². The monoisotopic (exact) mass is 224 g/mol. The van der Waals surface area contributed by atoms with Gasteiger partial charge in [0.2, 0.25) is 0 Å². The number of rotatable bonds is 4. The maximum atomic E-state index is 5.65. The fourth-order valence-corrected chi connectivity index (χ4v) is 5.39. The van der Waals surface area contributed by atoms with Gasteiger partial charge in [0, 0.05) is 5.88 Å². The first-order chi connectivity index (χ1) is 5.31. The van der Waals surface area contributed by atoms with Gasteiger partial charge < -0.3 is 0 Å². The van der Waals surface area contributed by atoms with Crippen LogP contribution in [0.5, 0.6) is 0 Å². The van der Waals surface area contributed by atoms with Gasteiger partial charge in [-0.3, -0.25) is 0 Å². The molecule has 0 atom stereocenters. The minimum Gasteiger partial charge on any atom is -0.185 e. The molecule has 0 rings (SSSR count). The molecule has 0 aromatic carbocycles. The number of hydrogen-bond acceptors (Lipinski definition) is 1. The van der Waals surface area contributed by atoms with Crippen molar-refractivity contribution in [1.82, 2.24) is 0 Å². The predicted octanol–water partition coefficient (Wildman–Crippen LogP) is 4.35. The normalized spacial score (nSPS) is 13.5. The maximum absolute atomic E-state index is 5.65. The molecule has 0 aromatic rings. The van der Waals surface area contributed by atoms with E-state index in [1.165, 1.54) is 5.75 Å². The molecule has 3 heteroatoms. The van der Waals surface area contributed by atoms with E-state index in [4.69, 9.17) is 11.6 Å². The molecule has 74 valence electrons. The SMILES string of the molecule is CC(C)(C)[Si](C)(C)SCCCCl. The zero-order valence-electron chi connectivity index (χ0n) is 8.91. The third-order valence-corrected chi connectivity index (χ3v) is 12.3. The summed E-state index contributed by atoms with van der Waals surface area (Å²) in [7, 11) is -1.08. The molecule has 0 aliphatic rings. The van der Waals surface area contributed by atoms with Crippen molar-refractivity contribution in [3.05, 3.63) is 0 Å². The van der Waals surface area contributed by atoms with Crippen molar-refractivity contribution in [1.29, 1.82) is 0 Å². The van der Waals surface area contributed by atoms with Gasteiger partial charge >= 0.3 is 0 Å². The van der Waals surface area contributed by atoms with Crippen LogP contribution in [0.25, 0.3) is 0 Å². The maximum Gasteiger partial charge on any atom is 0.116 e. The number of hydrogen-bond donors (Lipinski definition) is 0. The zero-order valence-corrected chi connectivity index (χ0v) is 11.5. The lowest BCUT2D eigenvalue weighted by Crippen LogP contribution is -2.33. The third kappa shape index (κ3) is 4.20. The molecular formula is C9H21ClSSi. The molecule has 0 nitrogen and oxygen atoms in total. The summed E-state index contributed by atoms with van der Waals surface area (Å²) < 4.78 is 0. The minimum atomic E-state index is -1.08. The lowest BCUT2D eigenvalue weighted by atomic mass is 10.2. The van der Waals surface area contributed by atoms with Crippen molar-refractivity contribution in [3.63, 3.8) is 0 Å². The molecule has 0 fully saturated rings. The van der Waals surface area contributed by atoms with E-state index >= 15 is 0 Å². The molecule has 0 heterocycles. The van der Waals surface area contributed by atoms with Crippen LogP contribution in [-0.2, 0) is 0 Å². The van der Waals surface area contributed by atoms with E-state index in [0.717, 1.165) is 12.3 Å². The van der Waals surface area contributed by atoms with Crippen LogP contribution in [0, 0.1) is 0 Å². The van der Waals surface area contributed by atoms with Crippen molar-refractivity contribution in [3.8, 4) is 0 Å². The summed E-state index contributed by atoms with van der Waals surface area (Å²) in [5.74, 6) is 2.04. The van der Waals surface area contributed by atoms with Crippen LogP contribution in [0.3, 0.4) is 0 Å². The molecule has 0 N–H and O–H groups in total. The van der Waals surface area contributed by atoms with E-state index in [1.807, 2.05) is 0 Å². The molecule has 0 saturated carbocycles. The van der Waals surface area contributed by atoms with Crippen LogP contribution in [0.15, 0.2) is 0 Å². The van der Waals surface area contributed by atoms with E-state index in [2.05, 4.69) is 45.1 Å². The molecule has 0 aliphatic carbocycles. The summed E-state index contributed by atoms with van der Waals surface area (Å²) in [5.41, 5.74) is 0. The summed E-state index contributed by atoms with van der Waals surface area (Å²) in [6.07, 6.45) is 1.15. The highest BCUT2D eigenvalue weighted by molar-refractivity contribution is 8.29. The quantitative estimate of drug-likeness (QED) is 0.389. The van der Waals surface area contributed by atoms with Crippen LogP contribution in [0.4, 0.5) is 0 Å². The first kappa shape index (κ1) is 12.9. The molecular weight excluding hydrogens is 204 g/mol. The topological polar surface area (TPSA) is 0 Å². The molecule has 0 radical (unpaired) electrons. The third-order valence-electron chi connectivity index (χ3n) is 2.55. The van der Waals surface area contributed by atoms with Gasteiger partial charge in [0.05, 0.1) is 0 Å². The first-order valence-corrected chi connectivity index (χ1v) is 9.75. The predicted molar refractivity (Wildman–Crippen MR) is 65.0 cm³/mol. The van der Waals surface area contributed by atoms with E-state index in [-0.39, 0.29) is 0 Å². The average Bonchev–Trinajstić information content (AvgIpc) is 1.85. The fraction of sp³-hybridized carbons (Fsp3) is 1.00. The Balaban J connectivity index is 3.88. The number of alkyl halides is 1. The second-order valence-corrected chi connectivity index (χ2v) is 14.2. The molecule has 0 unspecified atom stereocenters. The summed E-state index contributed by atoms with van der Waals surface area (Å²) in [4.78, 5) is 0. The standard InChI is InChI=1S/C9H21ClSSi/c1-9(2,3)12(4,5)11-8-6-7-10/h6-8H2,1-5H3. The Morgan fingerprint density at radius 1 is 1.25 bits per heavy atom. The van der Waals surface area contributed by atoms with Crippen molar-refractivity contribution in [2.45, 2.75) is 45.3 Å². The van der Waals surface area contributed by atoms with Gasteiger partial charge in [-0.25, -0.2) is 0 Å². The van der Waals surface area contributed by atoms with E-state index in [1.54, 1.807) is 0 Å². The van der Waals surface area contributed by atoms with Gasteiger partial charge in [-0.05, 0) is 17.2 Å². The van der Waals surface area contributed by atoms with Gasteiger partial charge in [-0.1, -0.05) is 33.9 Å². The molecule has 0 bridgehead atoms. The lowest BCUT2D eigenvalue weighted by molar-refractivity contribution is 0.736. The van der Waals surface area contributed by atoms with Crippen molar-refractivity contribution in [2.24, 2.45) is 0 Å². The van der Waals surface area contributed by atoms with Crippen LogP contribution >= 0.6 is 22.8 Å². The molecule has 0 amide bonds. The lowest BCUT2D eigenvalue weighted by Gasteiger charge is -2.36. The van der Waals surface area contributed by atoms with Crippen molar-refractivity contribution in [2.75, 3.05) is 11.6 Å². The molecule has 0 aliphatic heterocycles.